The van der Waals surface area contributed by atoms with Crippen LogP contribution in [0.15, 0.2) is 22.7 Å². The van der Waals surface area contributed by atoms with Crippen LogP contribution in [-0.2, 0) is 0 Å². The number of carboxylic acids is 1. The molecule has 5 heteroatoms. The van der Waals surface area contributed by atoms with Crippen molar-refractivity contribution in [3.8, 4) is 0 Å². The highest BCUT2D eigenvalue weighted by Gasteiger charge is 2.41. The van der Waals surface area contributed by atoms with Crippen LogP contribution in [0.3, 0.4) is 0 Å². The molecule has 2 rings (SSSR count). The molecular weight excluding hydrogens is 286 g/mol. The third-order valence-corrected chi connectivity index (χ3v) is 3.82. The second-order valence-corrected chi connectivity index (χ2v) is 5.37. The first-order chi connectivity index (χ1) is 8.06. The Kier molecular flexibility index (Phi) is 3.40. The zero-order valence-corrected chi connectivity index (χ0v) is 10.8. The maximum Gasteiger partial charge on any atom is 0.335 e. The molecule has 1 aromatic carbocycles. The lowest BCUT2D eigenvalue weighted by Gasteiger charge is -2.15. The van der Waals surface area contributed by atoms with E-state index in [2.05, 4.69) is 21.2 Å². The number of rotatable bonds is 5. The molecule has 1 aliphatic carbocycles. The van der Waals surface area contributed by atoms with Gasteiger partial charge in [-0.1, -0.05) is 0 Å². The van der Waals surface area contributed by atoms with Crippen molar-refractivity contribution in [1.29, 1.82) is 0 Å². The van der Waals surface area contributed by atoms with Crippen molar-refractivity contribution in [2.75, 3.05) is 18.5 Å². The van der Waals surface area contributed by atoms with E-state index in [1.54, 1.807) is 18.2 Å². The first-order valence-electron chi connectivity index (χ1n) is 5.44. The van der Waals surface area contributed by atoms with Crippen molar-refractivity contribution >= 4 is 27.6 Å². The normalized spacial score (nSPS) is 16.6. The highest BCUT2D eigenvalue weighted by Crippen LogP contribution is 2.45. The van der Waals surface area contributed by atoms with E-state index >= 15 is 0 Å². The standard InChI is InChI=1S/C12H14BrNO3/c13-9-5-8(11(16)17)1-2-10(9)14-6-12(7-15)3-4-12/h1-2,5,14-15H,3-4,6-7H2,(H,16,17). The molecule has 0 unspecified atom stereocenters. The van der Waals surface area contributed by atoms with Crippen LogP contribution in [0.2, 0.25) is 0 Å². The van der Waals surface area contributed by atoms with E-state index in [0.717, 1.165) is 23.0 Å². The van der Waals surface area contributed by atoms with Gasteiger partial charge in [0.25, 0.3) is 0 Å². The van der Waals surface area contributed by atoms with Crippen molar-refractivity contribution in [2.24, 2.45) is 5.41 Å². The van der Waals surface area contributed by atoms with Gasteiger partial charge in [-0.2, -0.15) is 0 Å². The van der Waals surface area contributed by atoms with E-state index in [4.69, 9.17) is 5.11 Å². The summed E-state index contributed by atoms with van der Waals surface area (Å²) in [4.78, 5) is 10.8. The number of aliphatic hydroxyl groups is 1. The average molecular weight is 300 g/mol. The summed E-state index contributed by atoms with van der Waals surface area (Å²) in [6.45, 7) is 0.916. The van der Waals surface area contributed by atoms with Gasteiger partial charge in [0, 0.05) is 22.1 Å². The van der Waals surface area contributed by atoms with Crippen molar-refractivity contribution in [3.05, 3.63) is 28.2 Å². The summed E-state index contributed by atoms with van der Waals surface area (Å²) >= 11 is 3.34. The first kappa shape index (κ1) is 12.4. The van der Waals surface area contributed by atoms with E-state index in [9.17, 15) is 9.90 Å². The molecule has 1 fully saturated rings. The number of anilines is 1. The molecular formula is C12H14BrNO3. The van der Waals surface area contributed by atoms with Gasteiger partial charge >= 0.3 is 5.97 Å². The fourth-order valence-corrected chi connectivity index (χ4v) is 2.16. The van der Waals surface area contributed by atoms with Crippen LogP contribution in [0, 0.1) is 5.41 Å². The second kappa shape index (κ2) is 4.66. The van der Waals surface area contributed by atoms with Crippen molar-refractivity contribution in [2.45, 2.75) is 12.8 Å². The van der Waals surface area contributed by atoms with Crippen LogP contribution in [0.4, 0.5) is 5.69 Å². The monoisotopic (exact) mass is 299 g/mol. The number of carboxylic acid groups (broad SMARTS) is 1. The largest absolute Gasteiger partial charge is 0.478 e. The quantitative estimate of drug-likeness (QED) is 0.780. The topological polar surface area (TPSA) is 69.6 Å². The number of aliphatic hydroxyl groups excluding tert-OH is 1. The molecule has 0 saturated heterocycles. The van der Waals surface area contributed by atoms with Gasteiger partial charge < -0.3 is 15.5 Å². The first-order valence-corrected chi connectivity index (χ1v) is 6.23. The number of hydrogen-bond acceptors (Lipinski definition) is 3. The second-order valence-electron chi connectivity index (χ2n) is 4.51. The number of benzene rings is 1. The molecule has 3 N–H and O–H groups in total. The highest BCUT2D eigenvalue weighted by atomic mass is 79.9. The molecule has 0 aromatic heterocycles. The molecule has 0 radical (unpaired) electrons. The molecule has 4 nitrogen and oxygen atoms in total. The van der Waals surface area contributed by atoms with Crippen LogP contribution in [0.1, 0.15) is 23.2 Å². The lowest BCUT2D eigenvalue weighted by atomic mass is 10.1. The van der Waals surface area contributed by atoms with Crippen LogP contribution < -0.4 is 5.32 Å². The fourth-order valence-electron chi connectivity index (χ4n) is 1.64. The van der Waals surface area contributed by atoms with E-state index in [1.807, 2.05) is 0 Å². The summed E-state index contributed by atoms with van der Waals surface area (Å²) in [6, 6.07) is 4.87. The Morgan fingerprint density at radius 2 is 2.18 bits per heavy atom. The molecule has 0 aliphatic heterocycles. The minimum atomic E-state index is -0.939. The molecule has 1 saturated carbocycles. The molecule has 0 amide bonds. The molecule has 1 aliphatic rings. The lowest BCUT2D eigenvalue weighted by Crippen LogP contribution is -2.19. The van der Waals surface area contributed by atoms with Gasteiger partial charge in [-0.05, 0) is 47.0 Å². The average Bonchev–Trinajstić information content (AvgIpc) is 3.08. The van der Waals surface area contributed by atoms with Gasteiger partial charge in [0.05, 0.1) is 12.2 Å². The molecule has 0 atom stereocenters. The number of halogens is 1. The Morgan fingerprint density at radius 3 is 2.65 bits per heavy atom. The van der Waals surface area contributed by atoms with Gasteiger partial charge in [-0.3, -0.25) is 0 Å². The third kappa shape index (κ3) is 2.79. The SMILES string of the molecule is O=C(O)c1ccc(NCC2(CO)CC2)c(Br)c1. The van der Waals surface area contributed by atoms with Crippen LogP contribution in [-0.4, -0.2) is 29.3 Å². The van der Waals surface area contributed by atoms with E-state index in [0.29, 0.717) is 6.54 Å². The Labute approximate surface area is 108 Å². The van der Waals surface area contributed by atoms with Gasteiger partial charge in [0.1, 0.15) is 0 Å². The van der Waals surface area contributed by atoms with Gasteiger partial charge in [0.15, 0.2) is 0 Å². The van der Waals surface area contributed by atoms with E-state index in [1.165, 1.54) is 0 Å². The summed E-state index contributed by atoms with van der Waals surface area (Å²) < 4.78 is 0.728. The van der Waals surface area contributed by atoms with Crippen molar-refractivity contribution < 1.29 is 15.0 Å². The van der Waals surface area contributed by atoms with Gasteiger partial charge in [-0.25, -0.2) is 4.79 Å². The van der Waals surface area contributed by atoms with E-state index in [-0.39, 0.29) is 17.6 Å². The van der Waals surface area contributed by atoms with Crippen molar-refractivity contribution in [3.63, 3.8) is 0 Å². The van der Waals surface area contributed by atoms with Crippen LogP contribution >= 0.6 is 15.9 Å². The Hall–Kier alpha value is -1.07. The minimum absolute atomic E-state index is 0.0326. The number of hydrogen-bond donors (Lipinski definition) is 3. The summed E-state index contributed by atoms with van der Waals surface area (Å²) in [5.41, 5.74) is 1.14. The zero-order chi connectivity index (χ0) is 12.5. The molecule has 1 aromatic rings. The summed E-state index contributed by atoms with van der Waals surface area (Å²) in [7, 11) is 0. The summed E-state index contributed by atoms with van der Waals surface area (Å²) in [5.74, 6) is -0.939. The third-order valence-electron chi connectivity index (χ3n) is 3.16. The predicted octanol–water partition coefficient (Wildman–Crippen LogP) is 2.33. The zero-order valence-electron chi connectivity index (χ0n) is 9.24. The van der Waals surface area contributed by atoms with Crippen molar-refractivity contribution in [1.82, 2.24) is 0 Å². The number of aromatic carboxylic acids is 1. The minimum Gasteiger partial charge on any atom is -0.478 e. The van der Waals surface area contributed by atoms with Gasteiger partial charge in [-0.15, -0.1) is 0 Å². The van der Waals surface area contributed by atoms with Crippen LogP contribution in [0.25, 0.3) is 0 Å². The number of carbonyl (C=O) groups is 1. The molecule has 17 heavy (non-hydrogen) atoms. The van der Waals surface area contributed by atoms with Crippen LogP contribution in [0.5, 0.6) is 0 Å². The lowest BCUT2D eigenvalue weighted by molar-refractivity contribution is 0.0697. The summed E-state index contributed by atoms with van der Waals surface area (Å²) in [6.07, 6.45) is 2.09. The van der Waals surface area contributed by atoms with E-state index < -0.39 is 5.97 Å². The Balaban J connectivity index is 2.04. The van der Waals surface area contributed by atoms with Gasteiger partial charge in [0.2, 0.25) is 0 Å². The Morgan fingerprint density at radius 1 is 1.47 bits per heavy atom. The maximum absolute atomic E-state index is 10.8. The molecule has 0 spiro atoms. The maximum atomic E-state index is 10.8. The Bertz CT molecular complexity index is 443. The predicted molar refractivity (Wildman–Crippen MR) is 68.3 cm³/mol. The number of nitrogens with one attached hydrogen (secondary N) is 1. The smallest absolute Gasteiger partial charge is 0.335 e. The molecule has 0 bridgehead atoms. The molecule has 0 heterocycles. The molecule has 92 valence electrons. The summed E-state index contributed by atoms with van der Waals surface area (Å²) in [5, 5.41) is 21.3. The fraction of sp³-hybridized carbons (Fsp3) is 0.417. The highest BCUT2D eigenvalue weighted by molar-refractivity contribution is 9.10.